The molecule has 98 valence electrons. The fourth-order valence-corrected chi connectivity index (χ4v) is 1.91. The molecule has 1 N–H and O–H groups in total. The van der Waals surface area contributed by atoms with E-state index >= 15 is 0 Å². The lowest BCUT2D eigenvalue weighted by Crippen LogP contribution is -2.23. The van der Waals surface area contributed by atoms with Gasteiger partial charge in [0, 0.05) is 11.6 Å². The van der Waals surface area contributed by atoms with Gasteiger partial charge in [-0.3, -0.25) is 4.79 Å². The molecule has 1 amide bonds. The van der Waals surface area contributed by atoms with Crippen molar-refractivity contribution in [3.05, 3.63) is 63.6 Å². The molecule has 0 aliphatic carbocycles. The van der Waals surface area contributed by atoms with Crippen molar-refractivity contribution in [1.82, 2.24) is 10.3 Å². The van der Waals surface area contributed by atoms with Gasteiger partial charge >= 0.3 is 0 Å². The summed E-state index contributed by atoms with van der Waals surface area (Å²) in [6.45, 7) is 0.270. The summed E-state index contributed by atoms with van der Waals surface area (Å²) in [5, 5.41) is 3.17. The lowest BCUT2D eigenvalue weighted by atomic mass is 10.2. The molecule has 3 nitrogen and oxygen atoms in total. The molecule has 0 saturated carbocycles. The van der Waals surface area contributed by atoms with Crippen LogP contribution in [0.2, 0.25) is 10.2 Å². The van der Waals surface area contributed by atoms with E-state index in [2.05, 4.69) is 10.3 Å². The molecular formula is C13H9Cl2FN2O. The number of hydrogen-bond acceptors (Lipinski definition) is 2. The minimum absolute atomic E-state index is 0.00342. The van der Waals surface area contributed by atoms with E-state index in [1.807, 2.05) is 6.07 Å². The van der Waals surface area contributed by atoms with E-state index in [0.29, 0.717) is 5.02 Å². The predicted molar refractivity (Wildman–Crippen MR) is 71.8 cm³/mol. The number of rotatable bonds is 3. The second kappa shape index (κ2) is 5.99. The molecule has 6 heteroatoms. The third kappa shape index (κ3) is 3.66. The normalized spacial score (nSPS) is 10.3. The second-order valence-electron chi connectivity index (χ2n) is 3.80. The standard InChI is InChI=1S/C13H9Cl2FN2O/c14-9-3-1-2-8(4-9)6-18-13(19)11-5-10(16)7-17-12(11)15/h1-5,7H,6H2,(H,18,19). The Morgan fingerprint density at radius 2 is 2.11 bits per heavy atom. The fraction of sp³-hybridized carbons (Fsp3) is 0.0769. The quantitative estimate of drug-likeness (QED) is 0.882. The van der Waals surface area contributed by atoms with Gasteiger partial charge in [0.25, 0.3) is 5.91 Å². The van der Waals surface area contributed by atoms with Crippen LogP contribution in [0, 0.1) is 5.82 Å². The maximum absolute atomic E-state index is 13.0. The zero-order valence-corrected chi connectivity index (χ0v) is 11.2. The molecule has 1 aromatic carbocycles. The van der Waals surface area contributed by atoms with Crippen LogP contribution >= 0.6 is 23.2 Å². The molecule has 0 atom stereocenters. The van der Waals surface area contributed by atoms with E-state index in [0.717, 1.165) is 17.8 Å². The summed E-state index contributed by atoms with van der Waals surface area (Å²) in [4.78, 5) is 15.4. The van der Waals surface area contributed by atoms with Gasteiger partial charge < -0.3 is 5.32 Å². The number of carbonyl (C=O) groups is 1. The highest BCUT2D eigenvalue weighted by atomic mass is 35.5. The van der Waals surface area contributed by atoms with Crippen LogP contribution in [0.5, 0.6) is 0 Å². The molecular weight excluding hydrogens is 290 g/mol. The van der Waals surface area contributed by atoms with Gasteiger partial charge in [-0.1, -0.05) is 35.3 Å². The van der Waals surface area contributed by atoms with Crippen molar-refractivity contribution in [3.8, 4) is 0 Å². The number of nitrogens with zero attached hydrogens (tertiary/aromatic N) is 1. The summed E-state index contributed by atoms with van der Waals surface area (Å²) < 4.78 is 13.0. The summed E-state index contributed by atoms with van der Waals surface area (Å²) in [6.07, 6.45) is 0.954. The molecule has 19 heavy (non-hydrogen) atoms. The Kier molecular flexibility index (Phi) is 4.35. The van der Waals surface area contributed by atoms with Gasteiger partial charge in [0.05, 0.1) is 11.8 Å². The zero-order chi connectivity index (χ0) is 13.8. The SMILES string of the molecule is O=C(NCc1cccc(Cl)c1)c1cc(F)cnc1Cl. The van der Waals surface area contributed by atoms with Gasteiger partial charge in [-0.15, -0.1) is 0 Å². The molecule has 0 unspecified atom stereocenters. The van der Waals surface area contributed by atoms with Crippen LogP contribution in [-0.2, 0) is 6.54 Å². The number of aromatic nitrogens is 1. The smallest absolute Gasteiger partial charge is 0.254 e. The Balaban J connectivity index is 2.07. The highest BCUT2D eigenvalue weighted by Crippen LogP contribution is 2.14. The van der Waals surface area contributed by atoms with E-state index < -0.39 is 11.7 Å². The molecule has 1 aromatic heterocycles. The van der Waals surface area contributed by atoms with Gasteiger partial charge in [0.15, 0.2) is 0 Å². The van der Waals surface area contributed by atoms with Crippen LogP contribution in [0.25, 0.3) is 0 Å². The topological polar surface area (TPSA) is 42.0 Å². The van der Waals surface area contributed by atoms with Gasteiger partial charge in [-0.05, 0) is 23.8 Å². The van der Waals surface area contributed by atoms with Gasteiger partial charge in [-0.25, -0.2) is 9.37 Å². The number of nitrogens with one attached hydrogen (secondary N) is 1. The third-order valence-electron chi connectivity index (χ3n) is 2.39. The minimum Gasteiger partial charge on any atom is -0.348 e. The average Bonchev–Trinajstić information content (AvgIpc) is 2.39. The maximum atomic E-state index is 13.0. The van der Waals surface area contributed by atoms with Gasteiger partial charge in [0.1, 0.15) is 11.0 Å². The summed E-state index contributed by atoms with van der Waals surface area (Å²) in [6, 6.07) is 8.11. The Hall–Kier alpha value is -1.65. The molecule has 0 spiro atoms. The molecule has 0 bridgehead atoms. The van der Waals surface area contributed by atoms with Crippen LogP contribution in [0.1, 0.15) is 15.9 Å². The number of benzene rings is 1. The summed E-state index contributed by atoms with van der Waals surface area (Å²) in [7, 11) is 0. The van der Waals surface area contributed by atoms with E-state index in [-0.39, 0.29) is 17.3 Å². The van der Waals surface area contributed by atoms with Crippen molar-refractivity contribution in [1.29, 1.82) is 0 Å². The van der Waals surface area contributed by atoms with Crippen LogP contribution < -0.4 is 5.32 Å². The van der Waals surface area contributed by atoms with Crippen LogP contribution in [0.4, 0.5) is 4.39 Å². The van der Waals surface area contributed by atoms with E-state index in [4.69, 9.17) is 23.2 Å². The first-order valence-corrected chi connectivity index (χ1v) is 6.15. The van der Waals surface area contributed by atoms with E-state index in [9.17, 15) is 9.18 Å². The Morgan fingerprint density at radius 3 is 2.84 bits per heavy atom. The highest BCUT2D eigenvalue weighted by molar-refractivity contribution is 6.32. The van der Waals surface area contributed by atoms with Crippen molar-refractivity contribution in [2.75, 3.05) is 0 Å². The summed E-state index contributed by atoms with van der Waals surface area (Å²) in [5.74, 6) is -1.10. The molecule has 0 aliphatic rings. The Bertz CT molecular complexity index is 619. The minimum atomic E-state index is -0.614. The van der Waals surface area contributed by atoms with Crippen molar-refractivity contribution in [2.24, 2.45) is 0 Å². The largest absolute Gasteiger partial charge is 0.348 e. The predicted octanol–water partition coefficient (Wildman–Crippen LogP) is 3.46. The molecule has 1 heterocycles. The van der Waals surface area contributed by atoms with E-state index in [1.165, 1.54) is 0 Å². The molecule has 2 rings (SSSR count). The molecule has 0 saturated heterocycles. The number of carbonyl (C=O) groups excluding carboxylic acids is 1. The van der Waals surface area contributed by atoms with Gasteiger partial charge in [-0.2, -0.15) is 0 Å². The van der Waals surface area contributed by atoms with Crippen LogP contribution in [-0.4, -0.2) is 10.9 Å². The van der Waals surface area contributed by atoms with Crippen LogP contribution in [0.3, 0.4) is 0 Å². The lowest BCUT2D eigenvalue weighted by Gasteiger charge is -2.06. The number of pyridine rings is 1. The van der Waals surface area contributed by atoms with E-state index in [1.54, 1.807) is 18.2 Å². The number of halogens is 3. The molecule has 2 aromatic rings. The van der Waals surface area contributed by atoms with Crippen molar-refractivity contribution in [3.63, 3.8) is 0 Å². The first-order valence-electron chi connectivity index (χ1n) is 5.40. The van der Waals surface area contributed by atoms with Crippen molar-refractivity contribution < 1.29 is 9.18 Å². The van der Waals surface area contributed by atoms with Crippen molar-refractivity contribution >= 4 is 29.1 Å². The maximum Gasteiger partial charge on any atom is 0.254 e. The highest BCUT2D eigenvalue weighted by Gasteiger charge is 2.12. The Labute approximate surface area is 119 Å². The molecule has 0 radical (unpaired) electrons. The average molecular weight is 299 g/mol. The third-order valence-corrected chi connectivity index (χ3v) is 2.93. The lowest BCUT2D eigenvalue weighted by molar-refractivity contribution is 0.0950. The molecule has 0 fully saturated rings. The Morgan fingerprint density at radius 1 is 1.32 bits per heavy atom. The first kappa shape index (κ1) is 13.8. The molecule has 0 aliphatic heterocycles. The number of hydrogen-bond donors (Lipinski definition) is 1. The van der Waals surface area contributed by atoms with Gasteiger partial charge in [0.2, 0.25) is 0 Å². The number of amides is 1. The zero-order valence-electron chi connectivity index (χ0n) is 9.66. The van der Waals surface area contributed by atoms with Crippen molar-refractivity contribution in [2.45, 2.75) is 6.54 Å². The fourth-order valence-electron chi connectivity index (χ4n) is 1.51. The first-order chi connectivity index (χ1) is 9.06. The monoisotopic (exact) mass is 298 g/mol. The summed E-state index contributed by atoms with van der Waals surface area (Å²) in [5.41, 5.74) is 0.838. The second-order valence-corrected chi connectivity index (χ2v) is 4.60. The summed E-state index contributed by atoms with van der Waals surface area (Å²) >= 11 is 11.6. The van der Waals surface area contributed by atoms with Crippen LogP contribution in [0.15, 0.2) is 36.5 Å².